The second kappa shape index (κ2) is 9.04. The Morgan fingerprint density at radius 3 is 2.36 bits per heavy atom. The van der Waals surface area contributed by atoms with E-state index in [1.165, 1.54) is 5.56 Å². The van der Waals surface area contributed by atoms with Gasteiger partial charge in [-0.3, -0.25) is 9.69 Å². The Bertz CT molecular complexity index is 1440. The summed E-state index contributed by atoms with van der Waals surface area (Å²) in [6, 6.07) is 28.1. The number of ether oxygens (including phenoxy) is 1. The molecule has 0 radical (unpaired) electrons. The van der Waals surface area contributed by atoms with Crippen LogP contribution in [0.2, 0.25) is 0 Å². The zero-order chi connectivity index (χ0) is 22.8. The number of benzene rings is 4. The van der Waals surface area contributed by atoms with Crippen LogP contribution in [0.1, 0.15) is 28.4 Å². The molecule has 0 fully saturated rings. The molecule has 0 bridgehead atoms. The molecule has 0 saturated heterocycles. The molecule has 5 heteroatoms. The lowest BCUT2D eigenvalue weighted by molar-refractivity contribution is 0.0982. The average Bonchev–Trinajstić information content (AvgIpc) is 3.29. The summed E-state index contributed by atoms with van der Waals surface area (Å²) in [6.07, 6.45) is 0.962. The molecule has 0 unspecified atom stereocenters. The van der Waals surface area contributed by atoms with Crippen LogP contribution in [0.3, 0.4) is 0 Å². The number of thiazole rings is 1. The quantitative estimate of drug-likeness (QED) is 0.282. The largest absolute Gasteiger partial charge is 0.496 e. The Balaban J connectivity index is 1.63. The average molecular weight is 453 g/mol. The minimum Gasteiger partial charge on any atom is -0.496 e. The van der Waals surface area contributed by atoms with Gasteiger partial charge >= 0.3 is 0 Å². The van der Waals surface area contributed by atoms with Gasteiger partial charge in [-0.1, -0.05) is 78.9 Å². The molecule has 164 valence electrons. The number of nitrogens with zero attached hydrogens (tertiary/aromatic N) is 2. The standard InChI is InChI=1S/C28H24N2O2S/c1-3-19-13-14-24-26(15-19)33-28(29-24)30(18-20-9-5-4-6-10-20)27(31)23-16-21-11-7-8-12-22(21)17-25(23)32-2/h4-17H,3,18H2,1-2H3. The van der Waals surface area contributed by atoms with E-state index in [1.54, 1.807) is 23.3 Å². The van der Waals surface area contributed by atoms with Gasteiger partial charge in [0.2, 0.25) is 0 Å². The van der Waals surface area contributed by atoms with Crippen LogP contribution in [0.15, 0.2) is 84.9 Å². The van der Waals surface area contributed by atoms with E-state index in [1.807, 2.05) is 72.8 Å². The van der Waals surface area contributed by atoms with Crippen molar-refractivity contribution in [1.29, 1.82) is 0 Å². The van der Waals surface area contributed by atoms with Crippen LogP contribution < -0.4 is 9.64 Å². The Hall–Kier alpha value is -3.70. The Morgan fingerprint density at radius 1 is 0.909 bits per heavy atom. The number of amides is 1. The van der Waals surface area contributed by atoms with E-state index in [9.17, 15) is 4.79 Å². The molecule has 4 nitrogen and oxygen atoms in total. The molecule has 5 rings (SSSR count). The van der Waals surface area contributed by atoms with E-state index < -0.39 is 0 Å². The number of carbonyl (C=O) groups is 1. The smallest absolute Gasteiger partial charge is 0.264 e. The Morgan fingerprint density at radius 2 is 1.64 bits per heavy atom. The Kier molecular flexibility index (Phi) is 5.80. The van der Waals surface area contributed by atoms with E-state index in [2.05, 4.69) is 19.1 Å². The molecule has 5 aromatic rings. The zero-order valence-electron chi connectivity index (χ0n) is 18.6. The number of carbonyl (C=O) groups excluding carboxylic acids is 1. The molecule has 0 aliphatic rings. The predicted molar refractivity (Wildman–Crippen MR) is 136 cm³/mol. The third-order valence-electron chi connectivity index (χ3n) is 5.81. The number of rotatable bonds is 6. The zero-order valence-corrected chi connectivity index (χ0v) is 19.4. The number of anilines is 1. The summed E-state index contributed by atoms with van der Waals surface area (Å²) in [6.45, 7) is 2.57. The highest BCUT2D eigenvalue weighted by Crippen LogP contribution is 2.34. The number of hydrogen-bond acceptors (Lipinski definition) is 4. The van der Waals surface area contributed by atoms with Crippen LogP contribution in [0, 0.1) is 0 Å². The summed E-state index contributed by atoms with van der Waals surface area (Å²) in [5.41, 5.74) is 3.73. The number of aryl methyl sites for hydroxylation is 1. The number of aromatic nitrogens is 1. The van der Waals surface area contributed by atoms with Gasteiger partial charge in [0.05, 0.1) is 29.4 Å². The van der Waals surface area contributed by atoms with E-state index in [0.29, 0.717) is 23.0 Å². The molecule has 0 saturated carbocycles. The molecular weight excluding hydrogens is 428 g/mol. The lowest BCUT2D eigenvalue weighted by Gasteiger charge is -2.21. The SMILES string of the molecule is CCc1ccc2nc(N(Cc3ccccc3)C(=O)c3cc4ccccc4cc3OC)sc2c1. The third kappa shape index (κ3) is 4.20. The van der Waals surface area contributed by atoms with Crippen molar-refractivity contribution < 1.29 is 9.53 Å². The predicted octanol–water partition coefficient (Wildman–Crippen LogP) is 6.87. The second-order valence-corrected chi connectivity index (χ2v) is 8.94. The van der Waals surface area contributed by atoms with E-state index in [-0.39, 0.29) is 5.91 Å². The number of fused-ring (bicyclic) bond motifs is 2. The Labute approximate surface area is 197 Å². The van der Waals surface area contributed by atoms with E-state index in [0.717, 1.165) is 33.0 Å². The molecule has 0 aliphatic carbocycles. The first-order valence-electron chi connectivity index (χ1n) is 11.0. The maximum atomic E-state index is 14.0. The molecule has 1 heterocycles. The summed E-state index contributed by atoms with van der Waals surface area (Å²) in [5, 5.41) is 2.72. The molecule has 0 atom stereocenters. The maximum absolute atomic E-state index is 14.0. The summed E-state index contributed by atoms with van der Waals surface area (Å²) < 4.78 is 6.72. The number of hydrogen-bond donors (Lipinski definition) is 0. The molecule has 0 N–H and O–H groups in total. The van der Waals surface area contributed by atoms with Crippen molar-refractivity contribution in [3.63, 3.8) is 0 Å². The van der Waals surface area contributed by atoms with Crippen LogP contribution in [0.5, 0.6) is 5.75 Å². The van der Waals surface area contributed by atoms with Gasteiger partial charge in [0.25, 0.3) is 5.91 Å². The molecule has 33 heavy (non-hydrogen) atoms. The summed E-state index contributed by atoms with van der Waals surface area (Å²) in [7, 11) is 1.60. The first-order chi connectivity index (χ1) is 16.2. The van der Waals surface area contributed by atoms with Gasteiger partial charge in [-0.15, -0.1) is 0 Å². The molecule has 0 aliphatic heterocycles. The minimum atomic E-state index is -0.128. The van der Waals surface area contributed by atoms with Crippen LogP contribution in [0.25, 0.3) is 21.0 Å². The van der Waals surface area contributed by atoms with Crippen molar-refractivity contribution in [2.24, 2.45) is 0 Å². The van der Waals surface area contributed by atoms with Crippen molar-refractivity contribution >= 4 is 43.4 Å². The van der Waals surface area contributed by atoms with Crippen LogP contribution >= 0.6 is 11.3 Å². The minimum absolute atomic E-state index is 0.128. The van der Waals surface area contributed by atoms with E-state index >= 15 is 0 Å². The third-order valence-corrected chi connectivity index (χ3v) is 6.85. The normalized spacial score (nSPS) is 11.1. The van der Waals surface area contributed by atoms with Gasteiger partial charge in [0.15, 0.2) is 5.13 Å². The van der Waals surface area contributed by atoms with Gasteiger partial charge < -0.3 is 4.74 Å². The fourth-order valence-corrected chi connectivity index (χ4v) is 5.01. The topological polar surface area (TPSA) is 42.4 Å². The van der Waals surface area contributed by atoms with Gasteiger partial charge in [0.1, 0.15) is 5.75 Å². The molecule has 1 amide bonds. The molecule has 0 spiro atoms. The van der Waals surface area contributed by atoms with Gasteiger partial charge in [-0.25, -0.2) is 4.98 Å². The first-order valence-corrected chi connectivity index (χ1v) is 11.8. The lowest BCUT2D eigenvalue weighted by atomic mass is 10.0. The fraction of sp³-hybridized carbons (Fsp3) is 0.143. The molecule has 1 aromatic heterocycles. The highest BCUT2D eigenvalue weighted by atomic mass is 32.1. The summed E-state index contributed by atoms with van der Waals surface area (Å²) in [4.78, 5) is 20.6. The monoisotopic (exact) mass is 452 g/mol. The van der Waals surface area contributed by atoms with Gasteiger partial charge in [-0.2, -0.15) is 0 Å². The van der Waals surface area contributed by atoms with Crippen molar-refractivity contribution in [3.05, 3.63) is 102 Å². The van der Waals surface area contributed by atoms with Crippen molar-refractivity contribution in [3.8, 4) is 5.75 Å². The summed E-state index contributed by atoms with van der Waals surface area (Å²) >= 11 is 1.55. The van der Waals surface area contributed by atoms with Crippen LogP contribution in [-0.4, -0.2) is 18.0 Å². The first kappa shape index (κ1) is 21.2. The van der Waals surface area contributed by atoms with E-state index in [4.69, 9.17) is 9.72 Å². The highest BCUT2D eigenvalue weighted by Gasteiger charge is 2.25. The molecule has 4 aromatic carbocycles. The fourth-order valence-electron chi connectivity index (χ4n) is 3.99. The van der Waals surface area contributed by atoms with Crippen molar-refractivity contribution in [1.82, 2.24) is 4.98 Å². The van der Waals surface area contributed by atoms with Crippen LogP contribution in [0.4, 0.5) is 5.13 Å². The van der Waals surface area contributed by atoms with Crippen molar-refractivity contribution in [2.45, 2.75) is 19.9 Å². The van der Waals surface area contributed by atoms with Gasteiger partial charge in [0, 0.05) is 0 Å². The van der Waals surface area contributed by atoms with Gasteiger partial charge in [-0.05, 0) is 52.6 Å². The number of methoxy groups -OCH3 is 1. The second-order valence-electron chi connectivity index (χ2n) is 7.93. The lowest BCUT2D eigenvalue weighted by Crippen LogP contribution is -2.30. The highest BCUT2D eigenvalue weighted by molar-refractivity contribution is 7.22. The van der Waals surface area contributed by atoms with Crippen LogP contribution in [-0.2, 0) is 13.0 Å². The molecular formula is C28H24N2O2S. The van der Waals surface area contributed by atoms with Crippen molar-refractivity contribution in [2.75, 3.05) is 12.0 Å². The maximum Gasteiger partial charge on any atom is 0.264 e. The summed E-state index contributed by atoms with van der Waals surface area (Å²) in [5.74, 6) is 0.433.